The van der Waals surface area contributed by atoms with Crippen molar-refractivity contribution in [3.05, 3.63) is 0 Å². The molecule has 2 aliphatic rings. The Bertz CT molecular complexity index is 269. The molecule has 0 bridgehead atoms. The molecule has 0 aliphatic heterocycles. The lowest BCUT2D eigenvalue weighted by atomic mass is 9.68. The predicted octanol–water partition coefficient (Wildman–Crippen LogP) is 5.13. The van der Waals surface area contributed by atoms with Crippen LogP contribution in [0.5, 0.6) is 0 Å². The molecule has 0 aromatic rings. The molecular weight excluding hydrogens is 192 g/mol. The van der Waals surface area contributed by atoms with Crippen LogP contribution in [0.3, 0.4) is 0 Å². The SMILES string of the molecule is CCC(C)C1(C)C(C)C12CCC(C)C(C)C2. The Labute approximate surface area is 102 Å². The van der Waals surface area contributed by atoms with Crippen molar-refractivity contribution in [1.29, 1.82) is 0 Å². The lowest BCUT2D eigenvalue weighted by Crippen LogP contribution is -2.28. The summed E-state index contributed by atoms with van der Waals surface area (Å²) in [6, 6.07) is 0. The zero-order valence-corrected chi connectivity index (χ0v) is 12.1. The van der Waals surface area contributed by atoms with E-state index in [4.69, 9.17) is 0 Å². The average Bonchev–Trinajstić information content (AvgIpc) is 2.72. The van der Waals surface area contributed by atoms with Gasteiger partial charge in [-0.15, -0.1) is 0 Å². The first-order valence-electron chi connectivity index (χ1n) is 7.40. The smallest absolute Gasteiger partial charge is 0.0204 e. The first-order valence-corrected chi connectivity index (χ1v) is 7.40. The topological polar surface area (TPSA) is 0 Å². The Kier molecular flexibility index (Phi) is 2.92. The van der Waals surface area contributed by atoms with Gasteiger partial charge in [-0.05, 0) is 53.8 Å². The van der Waals surface area contributed by atoms with Crippen LogP contribution in [0.15, 0.2) is 0 Å². The maximum Gasteiger partial charge on any atom is -0.0204 e. The van der Waals surface area contributed by atoms with Gasteiger partial charge in [0, 0.05) is 0 Å². The van der Waals surface area contributed by atoms with Crippen molar-refractivity contribution in [2.45, 2.75) is 67.2 Å². The summed E-state index contributed by atoms with van der Waals surface area (Å²) in [5.41, 5.74) is 1.37. The summed E-state index contributed by atoms with van der Waals surface area (Å²) < 4.78 is 0. The van der Waals surface area contributed by atoms with E-state index in [9.17, 15) is 0 Å². The van der Waals surface area contributed by atoms with Gasteiger partial charge in [0.2, 0.25) is 0 Å². The van der Waals surface area contributed by atoms with Gasteiger partial charge in [0.1, 0.15) is 0 Å². The van der Waals surface area contributed by atoms with Crippen molar-refractivity contribution in [3.8, 4) is 0 Å². The molecule has 0 amide bonds. The lowest BCUT2D eigenvalue weighted by molar-refractivity contribution is 0.129. The van der Waals surface area contributed by atoms with Crippen LogP contribution in [0, 0.1) is 34.5 Å². The van der Waals surface area contributed by atoms with Gasteiger partial charge in [0.15, 0.2) is 0 Å². The van der Waals surface area contributed by atoms with Gasteiger partial charge >= 0.3 is 0 Å². The first-order chi connectivity index (χ1) is 7.40. The highest BCUT2D eigenvalue weighted by molar-refractivity contribution is 5.20. The van der Waals surface area contributed by atoms with Crippen LogP contribution in [-0.4, -0.2) is 0 Å². The molecule has 0 heterocycles. The largest absolute Gasteiger partial charge is 0.0651 e. The molecule has 2 fully saturated rings. The van der Waals surface area contributed by atoms with Gasteiger partial charge in [0.25, 0.3) is 0 Å². The molecule has 0 heteroatoms. The van der Waals surface area contributed by atoms with E-state index >= 15 is 0 Å². The second kappa shape index (κ2) is 3.75. The normalized spacial score (nSPS) is 54.0. The van der Waals surface area contributed by atoms with Gasteiger partial charge in [-0.25, -0.2) is 0 Å². The predicted molar refractivity (Wildman–Crippen MR) is 71.3 cm³/mol. The van der Waals surface area contributed by atoms with Crippen LogP contribution in [-0.2, 0) is 0 Å². The van der Waals surface area contributed by atoms with Crippen LogP contribution >= 0.6 is 0 Å². The van der Waals surface area contributed by atoms with Crippen LogP contribution < -0.4 is 0 Å². The molecule has 1 spiro atoms. The lowest BCUT2D eigenvalue weighted by Gasteiger charge is -2.37. The Balaban J connectivity index is 2.17. The minimum atomic E-state index is 0.649. The third-order valence-electron chi connectivity index (χ3n) is 7.06. The van der Waals surface area contributed by atoms with Crippen LogP contribution in [0.25, 0.3) is 0 Å². The summed E-state index contributed by atoms with van der Waals surface area (Å²) in [5, 5.41) is 0. The highest BCUT2D eigenvalue weighted by Crippen LogP contribution is 2.78. The third kappa shape index (κ3) is 1.34. The fourth-order valence-corrected chi connectivity index (χ4v) is 4.92. The van der Waals surface area contributed by atoms with Gasteiger partial charge in [-0.1, -0.05) is 48.0 Å². The third-order valence-corrected chi connectivity index (χ3v) is 7.06. The van der Waals surface area contributed by atoms with Crippen LogP contribution in [0.2, 0.25) is 0 Å². The fraction of sp³-hybridized carbons (Fsp3) is 1.00. The van der Waals surface area contributed by atoms with Gasteiger partial charge in [0.05, 0.1) is 0 Å². The van der Waals surface area contributed by atoms with E-state index in [-0.39, 0.29) is 0 Å². The molecule has 0 aromatic carbocycles. The van der Waals surface area contributed by atoms with Crippen molar-refractivity contribution >= 4 is 0 Å². The van der Waals surface area contributed by atoms with E-state index in [1.54, 1.807) is 0 Å². The van der Waals surface area contributed by atoms with Gasteiger partial charge in [-0.2, -0.15) is 0 Å². The van der Waals surface area contributed by atoms with E-state index in [1.165, 1.54) is 25.7 Å². The molecular formula is C16H30. The summed E-state index contributed by atoms with van der Waals surface area (Å²) in [7, 11) is 0. The average molecular weight is 222 g/mol. The van der Waals surface area contributed by atoms with Crippen molar-refractivity contribution in [2.24, 2.45) is 34.5 Å². The Hall–Kier alpha value is 0. The van der Waals surface area contributed by atoms with E-state index in [0.717, 1.165) is 23.7 Å². The molecule has 0 nitrogen and oxygen atoms in total. The van der Waals surface area contributed by atoms with Crippen LogP contribution in [0.1, 0.15) is 67.2 Å². The molecule has 2 aliphatic carbocycles. The summed E-state index contributed by atoms with van der Waals surface area (Å²) in [6.45, 7) is 14.9. The minimum absolute atomic E-state index is 0.649. The minimum Gasteiger partial charge on any atom is -0.0651 e. The molecule has 0 radical (unpaired) electrons. The maximum absolute atomic E-state index is 2.58. The highest BCUT2D eigenvalue weighted by atomic mass is 14.8. The molecule has 0 N–H and O–H groups in total. The zero-order chi connectivity index (χ0) is 12.1. The molecule has 6 atom stereocenters. The number of rotatable bonds is 2. The standard InChI is InChI=1S/C16H30/c1-7-13(4)15(6)14(5)16(15)9-8-11(2)12(3)10-16/h11-14H,7-10H2,1-6H3. The molecule has 94 valence electrons. The van der Waals surface area contributed by atoms with Crippen molar-refractivity contribution in [3.63, 3.8) is 0 Å². The molecule has 16 heavy (non-hydrogen) atoms. The summed E-state index contributed by atoms with van der Waals surface area (Å²) in [4.78, 5) is 0. The number of hydrogen-bond donors (Lipinski definition) is 0. The van der Waals surface area contributed by atoms with E-state index < -0.39 is 0 Å². The molecule has 2 rings (SSSR count). The first kappa shape index (κ1) is 12.5. The summed E-state index contributed by atoms with van der Waals surface area (Å²) in [5.74, 6) is 3.77. The second-order valence-electron chi connectivity index (χ2n) is 7.17. The summed E-state index contributed by atoms with van der Waals surface area (Å²) in [6.07, 6.45) is 5.82. The van der Waals surface area contributed by atoms with Crippen molar-refractivity contribution in [1.82, 2.24) is 0 Å². The fourth-order valence-electron chi connectivity index (χ4n) is 4.92. The van der Waals surface area contributed by atoms with E-state index in [1.807, 2.05) is 0 Å². The van der Waals surface area contributed by atoms with E-state index in [0.29, 0.717) is 10.8 Å². The van der Waals surface area contributed by atoms with Gasteiger partial charge in [-0.3, -0.25) is 0 Å². The Morgan fingerprint density at radius 1 is 1.19 bits per heavy atom. The Morgan fingerprint density at radius 3 is 2.31 bits per heavy atom. The molecule has 0 saturated heterocycles. The van der Waals surface area contributed by atoms with Crippen LogP contribution in [0.4, 0.5) is 0 Å². The quantitative estimate of drug-likeness (QED) is 0.607. The molecule has 6 unspecified atom stereocenters. The Morgan fingerprint density at radius 2 is 1.81 bits per heavy atom. The maximum atomic E-state index is 2.58. The number of hydrogen-bond acceptors (Lipinski definition) is 0. The second-order valence-corrected chi connectivity index (χ2v) is 7.17. The monoisotopic (exact) mass is 222 g/mol. The summed E-state index contributed by atoms with van der Waals surface area (Å²) >= 11 is 0. The van der Waals surface area contributed by atoms with Crippen molar-refractivity contribution in [2.75, 3.05) is 0 Å². The highest BCUT2D eigenvalue weighted by Gasteiger charge is 2.72. The molecule has 0 aromatic heterocycles. The molecule has 2 saturated carbocycles. The zero-order valence-electron chi connectivity index (χ0n) is 12.1. The van der Waals surface area contributed by atoms with Crippen molar-refractivity contribution < 1.29 is 0 Å². The van der Waals surface area contributed by atoms with E-state index in [2.05, 4.69) is 41.5 Å². The van der Waals surface area contributed by atoms with Gasteiger partial charge < -0.3 is 0 Å².